The number of halogens is 1. The van der Waals surface area contributed by atoms with E-state index in [1.54, 1.807) is 18.2 Å². The summed E-state index contributed by atoms with van der Waals surface area (Å²) >= 11 is 1.33. The third-order valence-corrected chi connectivity index (χ3v) is 3.91. The molecule has 0 aliphatic heterocycles. The van der Waals surface area contributed by atoms with Gasteiger partial charge in [-0.15, -0.1) is 11.8 Å². The van der Waals surface area contributed by atoms with Crippen molar-refractivity contribution in [2.75, 3.05) is 5.75 Å². The van der Waals surface area contributed by atoms with Crippen LogP contribution in [0.3, 0.4) is 0 Å². The number of thioether (sulfide) groups is 1. The molecule has 3 heteroatoms. The lowest BCUT2D eigenvalue weighted by molar-refractivity contribution is 0.203. The van der Waals surface area contributed by atoms with Crippen LogP contribution in [0.4, 0.5) is 4.39 Å². The van der Waals surface area contributed by atoms with Crippen molar-refractivity contribution in [3.63, 3.8) is 0 Å². The lowest BCUT2D eigenvalue weighted by Gasteiger charge is -2.13. The van der Waals surface area contributed by atoms with Crippen molar-refractivity contribution in [2.24, 2.45) is 0 Å². The molecular formula is C15H15FOS. The predicted molar refractivity (Wildman–Crippen MR) is 73.3 cm³/mol. The smallest absolute Gasteiger partial charge is 0.136 e. The van der Waals surface area contributed by atoms with Gasteiger partial charge in [-0.2, -0.15) is 0 Å². The summed E-state index contributed by atoms with van der Waals surface area (Å²) in [7, 11) is 0. The van der Waals surface area contributed by atoms with Gasteiger partial charge in [0.15, 0.2) is 0 Å². The zero-order valence-electron chi connectivity index (χ0n) is 10.1. The highest BCUT2D eigenvalue weighted by Gasteiger charge is 2.11. The maximum Gasteiger partial charge on any atom is 0.136 e. The summed E-state index contributed by atoms with van der Waals surface area (Å²) in [6, 6.07) is 14.3. The minimum atomic E-state index is -0.573. The summed E-state index contributed by atoms with van der Waals surface area (Å²) in [5.74, 6) is 0.214. The minimum Gasteiger partial charge on any atom is -0.388 e. The van der Waals surface area contributed by atoms with Gasteiger partial charge in [0.25, 0.3) is 0 Å². The zero-order valence-corrected chi connectivity index (χ0v) is 11.0. The third-order valence-electron chi connectivity index (χ3n) is 2.78. The molecular weight excluding hydrogens is 247 g/mol. The first-order chi connectivity index (χ1) is 8.68. The number of aliphatic hydroxyl groups is 1. The van der Waals surface area contributed by atoms with E-state index in [2.05, 4.69) is 0 Å². The predicted octanol–water partition coefficient (Wildman–Crippen LogP) is 3.96. The first-order valence-corrected chi connectivity index (χ1v) is 6.78. The largest absolute Gasteiger partial charge is 0.388 e. The highest BCUT2D eigenvalue weighted by Crippen LogP contribution is 2.27. The van der Waals surface area contributed by atoms with Crippen LogP contribution in [0, 0.1) is 12.7 Å². The molecule has 0 amide bonds. The van der Waals surface area contributed by atoms with Gasteiger partial charge in [-0.25, -0.2) is 4.39 Å². The van der Waals surface area contributed by atoms with Crippen LogP contribution in [0.25, 0.3) is 0 Å². The molecule has 0 aliphatic rings. The van der Waals surface area contributed by atoms with Gasteiger partial charge in [0, 0.05) is 10.6 Å². The second-order valence-corrected chi connectivity index (χ2v) is 5.18. The van der Waals surface area contributed by atoms with Crippen molar-refractivity contribution >= 4 is 11.8 Å². The first kappa shape index (κ1) is 13.1. The Kier molecular flexibility index (Phi) is 4.39. The number of hydrogen-bond acceptors (Lipinski definition) is 2. The Bertz CT molecular complexity index is 527. The summed E-state index contributed by atoms with van der Waals surface area (Å²) in [6.45, 7) is 1.96. The monoisotopic (exact) mass is 262 g/mol. The third kappa shape index (κ3) is 3.12. The van der Waals surface area contributed by atoms with E-state index in [0.29, 0.717) is 10.6 Å². The summed E-state index contributed by atoms with van der Waals surface area (Å²) in [5.41, 5.74) is 1.96. The summed E-state index contributed by atoms with van der Waals surface area (Å²) < 4.78 is 13.4. The van der Waals surface area contributed by atoms with Crippen molar-refractivity contribution in [3.05, 3.63) is 65.5 Å². The topological polar surface area (TPSA) is 20.2 Å². The van der Waals surface area contributed by atoms with Gasteiger partial charge in [0.1, 0.15) is 5.82 Å². The van der Waals surface area contributed by atoms with Crippen LogP contribution in [0.5, 0.6) is 0 Å². The Morgan fingerprint density at radius 2 is 1.78 bits per heavy atom. The maximum absolute atomic E-state index is 13.4. The van der Waals surface area contributed by atoms with E-state index in [9.17, 15) is 9.50 Å². The molecule has 0 spiro atoms. The van der Waals surface area contributed by atoms with E-state index in [4.69, 9.17) is 0 Å². The average Bonchev–Trinajstić information content (AvgIpc) is 2.38. The Balaban J connectivity index is 2.03. The summed E-state index contributed by atoms with van der Waals surface area (Å²) in [6.07, 6.45) is -0.573. The van der Waals surface area contributed by atoms with Gasteiger partial charge >= 0.3 is 0 Å². The highest BCUT2D eigenvalue weighted by molar-refractivity contribution is 7.99. The lowest BCUT2D eigenvalue weighted by atomic mass is 10.1. The zero-order chi connectivity index (χ0) is 13.0. The molecule has 0 aliphatic carbocycles. The van der Waals surface area contributed by atoms with Crippen LogP contribution in [-0.2, 0) is 0 Å². The van der Waals surface area contributed by atoms with Crippen LogP contribution < -0.4 is 0 Å². The molecule has 1 N–H and O–H groups in total. The fourth-order valence-electron chi connectivity index (χ4n) is 1.78. The van der Waals surface area contributed by atoms with Crippen LogP contribution in [0.2, 0.25) is 0 Å². The summed E-state index contributed by atoms with van der Waals surface area (Å²) in [5, 5.41) is 10.1. The molecule has 18 heavy (non-hydrogen) atoms. The van der Waals surface area contributed by atoms with E-state index in [0.717, 1.165) is 11.1 Å². The van der Waals surface area contributed by atoms with E-state index in [-0.39, 0.29) is 5.82 Å². The molecule has 0 bridgehead atoms. The van der Waals surface area contributed by atoms with Crippen molar-refractivity contribution in [3.8, 4) is 0 Å². The molecule has 0 heterocycles. The molecule has 1 atom stereocenters. The lowest BCUT2D eigenvalue weighted by Crippen LogP contribution is -2.02. The van der Waals surface area contributed by atoms with Crippen LogP contribution in [0.1, 0.15) is 17.2 Å². The Hall–Kier alpha value is -1.32. The van der Waals surface area contributed by atoms with E-state index >= 15 is 0 Å². The van der Waals surface area contributed by atoms with Crippen LogP contribution in [0.15, 0.2) is 53.4 Å². The summed E-state index contributed by atoms with van der Waals surface area (Å²) in [4.78, 5) is 0.574. The van der Waals surface area contributed by atoms with E-state index < -0.39 is 6.10 Å². The quantitative estimate of drug-likeness (QED) is 0.842. The van der Waals surface area contributed by atoms with Gasteiger partial charge in [-0.05, 0) is 30.2 Å². The van der Waals surface area contributed by atoms with Gasteiger partial charge < -0.3 is 5.11 Å². The Morgan fingerprint density at radius 1 is 1.11 bits per heavy atom. The second-order valence-electron chi connectivity index (χ2n) is 4.11. The van der Waals surface area contributed by atoms with Crippen LogP contribution >= 0.6 is 11.8 Å². The molecule has 1 nitrogen and oxygen atoms in total. The van der Waals surface area contributed by atoms with Gasteiger partial charge in [0.05, 0.1) is 6.10 Å². The van der Waals surface area contributed by atoms with E-state index in [1.165, 1.54) is 17.8 Å². The molecule has 2 aromatic rings. The molecule has 2 rings (SSSR count). The molecule has 0 saturated heterocycles. The number of aryl methyl sites for hydroxylation is 1. The first-order valence-electron chi connectivity index (χ1n) is 5.79. The fraction of sp³-hybridized carbons (Fsp3) is 0.200. The Morgan fingerprint density at radius 3 is 2.50 bits per heavy atom. The molecule has 2 aromatic carbocycles. The van der Waals surface area contributed by atoms with Crippen LogP contribution in [-0.4, -0.2) is 10.9 Å². The number of benzene rings is 2. The van der Waals surface area contributed by atoms with Crippen molar-refractivity contribution in [1.82, 2.24) is 0 Å². The number of rotatable bonds is 4. The van der Waals surface area contributed by atoms with Crippen molar-refractivity contribution < 1.29 is 9.50 Å². The minimum absolute atomic E-state index is 0.237. The highest BCUT2D eigenvalue weighted by atomic mass is 32.2. The van der Waals surface area contributed by atoms with Crippen molar-refractivity contribution in [1.29, 1.82) is 0 Å². The SMILES string of the molecule is Cc1ccccc1C(O)CSc1ccccc1F. The fourth-order valence-corrected chi connectivity index (χ4v) is 2.68. The standard InChI is InChI=1S/C15H15FOS/c1-11-6-2-3-7-12(11)14(17)10-18-15-9-5-4-8-13(15)16/h2-9,14,17H,10H2,1H3. The maximum atomic E-state index is 13.4. The second kappa shape index (κ2) is 6.03. The van der Waals surface area contributed by atoms with Gasteiger partial charge in [-0.1, -0.05) is 36.4 Å². The van der Waals surface area contributed by atoms with Gasteiger partial charge in [-0.3, -0.25) is 0 Å². The molecule has 1 unspecified atom stereocenters. The molecule has 0 fully saturated rings. The van der Waals surface area contributed by atoms with E-state index in [1.807, 2.05) is 31.2 Å². The Labute approximate surface area is 111 Å². The van der Waals surface area contributed by atoms with Crippen molar-refractivity contribution in [2.45, 2.75) is 17.9 Å². The molecule has 0 radical (unpaired) electrons. The normalized spacial score (nSPS) is 12.4. The average molecular weight is 262 g/mol. The molecule has 0 saturated carbocycles. The number of hydrogen-bond donors (Lipinski definition) is 1. The van der Waals surface area contributed by atoms with Gasteiger partial charge in [0.2, 0.25) is 0 Å². The molecule has 94 valence electrons. The molecule has 0 aromatic heterocycles. The number of aliphatic hydroxyl groups excluding tert-OH is 1.